The highest BCUT2D eigenvalue weighted by molar-refractivity contribution is 7.92. The van der Waals surface area contributed by atoms with Crippen LogP contribution in [0.25, 0.3) is 0 Å². The molecule has 2 rings (SSSR count). The van der Waals surface area contributed by atoms with Gasteiger partial charge >= 0.3 is 5.97 Å². The molecule has 0 aliphatic rings. The maximum Gasteiger partial charge on any atom is 0.338 e. The van der Waals surface area contributed by atoms with Crippen molar-refractivity contribution in [2.24, 2.45) is 5.92 Å². The summed E-state index contributed by atoms with van der Waals surface area (Å²) in [7, 11) is -3.40. The molecule has 0 aliphatic heterocycles. The van der Waals surface area contributed by atoms with Crippen molar-refractivity contribution in [1.29, 1.82) is 0 Å². The van der Waals surface area contributed by atoms with Gasteiger partial charge in [-0.2, -0.15) is 0 Å². The number of ketones is 1. The van der Waals surface area contributed by atoms with Crippen LogP contribution in [0, 0.1) is 5.92 Å². The molecule has 0 heterocycles. The first kappa shape index (κ1) is 22.4. The van der Waals surface area contributed by atoms with Gasteiger partial charge in [-0.1, -0.05) is 13.8 Å². The predicted molar refractivity (Wildman–Crippen MR) is 111 cm³/mol. The van der Waals surface area contributed by atoms with E-state index >= 15 is 0 Å². The van der Waals surface area contributed by atoms with Gasteiger partial charge in [0.1, 0.15) is 5.75 Å². The zero-order valence-corrected chi connectivity index (χ0v) is 17.7. The summed E-state index contributed by atoms with van der Waals surface area (Å²) in [6.45, 7) is 6.15. The Labute approximate surface area is 171 Å². The lowest BCUT2D eigenvalue weighted by Crippen LogP contribution is -2.24. The number of nitrogens with one attached hydrogen (secondary N) is 1. The van der Waals surface area contributed by atoms with Gasteiger partial charge in [0, 0.05) is 11.3 Å². The zero-order chi connectivity index (χ0) is 21.6. The highest BCUT2D eigenvalue weighted by atomic mass is 32.2. The first-order valence-corrected chi connectivity index (χ1v) is 11.0. The molecule has 1 atom stereocenters. The van der Waals surface area contributed by atoms with Crippen LogP contribution in [0.1, 0.15) is 41.5 Å². The number of carbonyl (C=O) groups is 2. The summed E-state index contributed by atoms with van der Waals surface area (Å²) in [5, 5.41) is 0. The van der Waals surface area contributed by atoms with Gasteiger partial charge in [0.25, 0.3) is 0 Å². The molecule has 0 radical (unpaired) electrons. The molecule has 8 heteroatoms. The quantitative estimate of drug-likeness (QED) is 0.493. The SMILES string of the molecule is CC(C)COc1ccc(C(=O)O[C@@H](C)C(=O)c2ccc(NS(C)(=O)=O)cc2)cc1. The molecule has 1 N–H and O–H groups in total. The summed E-state index contributed by atoms with van der Waals surface area (Å²) >= 11 is 0. The number of hydrogen-bond acceptors (Lipinski definition) is 6. The number of sulfonamides is 1. The fourth-order valence-corrected chi connectivity index (χ4v) is 2.95. The third-order valence-electron chi connectivity index (χ3n) is 3.80. The summed E-state index contributed by atoms with van der Waals surface area (Å²) < 4.78 is 35.6. The van der Waals surface area contributed by atoms with E-state index in [1.54, 1.807) is 24.3 Å². The fourth-order valence-electron chi connectivity index (χ4n) is 2.38. The minimum atomic E-state index is -3.40. The van der Waals surface area contributed by atoms with Gasteiger partial charge < -0.3 is 9.47 Å². The normalized spacial score (nSPS) is 12.3. The van der Waals surface area contributed by atoms with Crippen molar-refractivity contribution < 1.29 is 27.5 Å². The number of hydrogen-bond donors (Lipinski definition) is 1. The average molecular weight is 419 g/mol. The summed E-state index contributed by atoms with van der Waals surface area (Å²) in [6, 6.07) is 12.4. The van der Waals surface area contributed by atoms with Crippen LogP contribution < -0.4 is 9.46 Å². The maximum atomic E-state index is 12.5. The molecule has 0 saturated heterocycles. The van der Waals surface area contributed by atoms with E-state index in [9.17, 15) is 18.0 Å². The summed E-state index contributed by atoms with van der Waals surface area (Å²) in [6.07, 6.45) is 0.0458. The molecule has 0 fully saturated rings. The number of Topliss-reactive ketones (excluding diaryl/α,β-unsaturated/α-hetero) is 1. The predicted octanol–water partition coefficient (Wildman–Crippen LogP) is 3.52. The van der Waals surface area contributed by atoms with Gasteiger partial charge in [0.2, 0.25) is 15.8 Å². The molecule has 2 aromatic carbocycles. The number of rotatable bonds is 9. The molecule has 29 heavy (non-hydrogen) atoms. The highest BCUT2D eigenvalue weighted by Gasteiger charge is 2.20. The van der Waals surface area contributed by atoms with Gasteiger partial charge in [0.15, 0.2) is 6.10 Å². The van der Waals surface area contributed by atoms with Crippen LogP contribution in [-0.2, 0) is 14.8 Å². The van der Waals surface area contributed by atoms with Gasteiger partial charge in [-0.25, -0.2) is 13.2 Å². The number of anilines is 1. The third-order valence-corrected chi connectivity index (χ3v) is 4.41. The largest absolute Gasteiger partial charge is 0.493 e. The van der Waals surface area contributed by atoms with Crippen LogP contribution in [0.5, 0.6) is 5.75 Å². The Morgan fingerprint density at radius 2 is 1.48 bits per heavy atom. The van der Waals surface area contributed by atoms with Crippen molar-refractivity contribution in [3.63, 3.8) is 0 Å². The molecule has 0 amide bonds. The van der Waals surface area contributed by atoms with E-state index < -0.39 is 22.1 Å². The smallest absolute Gasteiger partial charge is 0.338 e. The highest BCUT2D eigenvalue weighted by Crippen LogP contribution is 2.17. The first-order valence-electron chi connectivity index (χ1n) is 9.11. The molecular weight excluding hydrogens is 394 g/mol. The van der Waals surface area contributed by atoms with Gasteiger partial charge in [-0.3, -0.25) is 9.52 Å². The lowest BCUT2D eigenvalue weighted by Gasteiger charge is -2.13. The lowest BCUT2D eigenvalue weighted by molar-refractivity contribution is 0.0319. The number of carbonyl (C=O) groups excluding carboxylic acids is 2. The van der Waals surface area contributed by atoms with Gasteiger partial charge in [0.05, 0.1) is 18.4 Å². The maximum absolute atomic E-state index is 12.5. The average Bonchev–Trinajstić information content (AvgIpc) is 2.65. The van der Waals surface area contributed by atoms with E-state index in [0.717, 1.165) is 6.26 Å². The number of ether oxygens (including phenoxy) is 2. The molecule has 0 spiro atoms. The van der Waals surface area contributed by atoms with Crippen LogP contribution in [-0.4, -0.2) is 39.1 Å². The molecule has 156 valence electrons. The Bertz CT molecular complexity index is 950. The standard InChI is InChI=1S/C21H25NO6S/c1-14(2)13-27-19-11-7-17(8-12-19)21(24)28-15(3)20(23)16-5-9-18(10-6-16)22-29(4,25)26/h5-12,14-15,22H,13H2,1-4H3/t15-/m0/s1. The molecule has 7 nitrogen and oxygen atoms in total. The van der Waals surface area contributed by atoms with E-state index in [0.29, 0.717) is 35.1 Å². The van der Waals surface area contributed by atoms with E-state index in [2.05, 4.69) is 4.72 Å². The summed E-state index contributed by atoms with van der Waals surface area (Å²) in [5.41, 5.74) is 0.963. The second kappa shape index (κ2) is 9.56. The Kier molecular flexibility index (Phi) is 7.39. The lowest BCUT2D eigenvalue weighted by atomic mass is 10.1. The zero-order valence-electron chi connectivity index (χ0n) is 16.8. The van der Waals surface area contributed by atoms with Crippen LogP contribution >= 0.6 is 0 Å². The van der Waals surface area contributed by atoms with Crippen molar-refractivity contribution in [2.45, 2.75) is 26.9 Å². The van der Waals surface area contributed by atoms with Crippen LogP contribution in [0.15, 0.2) is 48.5 Å². The molecule has 0 aliphatic carbocycles. The number of benzene rings is 2. The molecule has 0 saturated carbocycles. The molecule has 0 unspecified atom stereocenters. The van der Waals surface area contributed by atoms with Crippen LogP contribution in [0.2, 0.25) is 0 Å². The van der Waals surface area contributed by atoms with Gasteiger partial charge in [-0.15, -0.1) is 0 Å². The van der Waals surface area contributed by atoms with Crippen LogP contribution in [0.3, 0.4) is 0 Å². The van der Waals surface area contributed by atoms with Crippen molar-refractivity contribution in [3.8, 4) is 5.75 Å². The second-order valence-electron chi connectivity index (χ2n) is 7.09. The number of esters is 1. The minimum absolute atomic E-state index is 0.307. The molecule has 0 aromatic heterocycles. The Hall–Kier alpha value is -2.87. The van der Waals surface area contributed by atoms with E-state index in [1.807, 2.05) is 13.8 Å². The van der Waals surface area contributed by atoms with Crippen LogP contribution in [0.4, 0.5) is 5.69 Å². The Morgan fingerprint density at radius 3 is 2.00 bits per heavy atom. The first-order chi connectivity index (χ1) is 13.5. The monoisotopic (exact) mass is 419 g/mol. The Balaban J connectivity index is 1.97. The van der Waals surface area contributed by atoms with Crippen molar-refractivity contribution in [3.05, 3.63) is 59.7 Å². The molecule has 2 aromatic rings. The fraction of sp³-hybridized carbons (Fsp3) is 0.333. The van der Waals surface area contributed by atoms with E-state index in [-0.39, 0.29) is 5.78 Å². The third kappa shape index (κ3) is 7.23. The Morgan fingerprint density at radius 1 is 0.931 bits per heavy atom. The summed E-state index contributed by atoms with van der Waals surface area (Å²) in [4.78, 5) is 24.8. The molecular formula is C21H25NO6S. The van der Waals surface area contributed by atoms with E-state index in [4.69, 9.17) is 9.47 Å². The van der Waals surface area contributed by atoms with Crippen molar-refractivity contribution in [1.82, 2.24) is 0 Å². The summed E-state index contributed by atoms with van der Waals surface area (Å²) in [5.74, 6) is 0.0441. The van der Waals surface area contributed by atoms with Crippen molar-refractivity contribution in [2.75, 3.05) is 17.6 Å². The van der Waals surface area contributed by atoms with E-state index in [1.165, 1.54) is 31.2 Å². The topological polar surface area (TPSA) is 98.8 Å². The van der Waals surface area contributed by atoms with Crippen molar-refractivity contribution >= 4 is 27.5 Å². The van der Waals surface area contributed by atoms with Gasteiger partial charge in [-0.05, 0) is 61.4 Å². The minimum Gasteiger partial charge on any atom is -0.493 e. The molecule has 0 bridgehead atoms. The second-order valence-corrected chi connectivity index (χ2v) is 8.84.